The third-order valence-corrected chi connectivity index (χ3v) is 3.42. The van der Waals surface area contributed by atoms with Crippen molar-refractivity contribution in [2.75, 3.05) is 49.7 Å². The summed E-state index contributed by atoms with van der Waals surface area (Å²) in [7, 11) is 0. The van der Waals surface area contributed by atoms with E-state index in [-0.39, 0.29) is 5.28 Å². The molecule has 1 aromatic heterocycles. The first kappa shape index (κ1) is 12.8. The van der Waals surface area contributed by atoms with Gasteiger partial charge in [-0.15, -0.1) is 0 Å². The van der Waals surface area contributed by atoms with E-state index >= 15 is 0 Å². The Kier molecular flexibility index (Phi) is 3.95. The largest absolute Gasteiger partial charge is 0.379 e. The Bertz CT molecular complexity index is 433. The van der Waals surface area contributed by atoms with Crippen LogP contribution < -0.4 is 10.3 Å². The van der Waals surface area contributed by atoms with Crippen molar-refractivity contribution < 1.29 is 4.74 Å². The smallest absolute Gasteiger partial charge is 0.243 e. The standard InChI is InChI=1S/C11H17ClN6O/c12-9-13-10(16-18-5-7-19-8-6-18)15-11(14-9)17-3-1-2-4-17/h1-8H2,(H,13,14,15,16). The van der Waals surface area contributed by atoms with E-state index in [1.807, 2.05) is 5.01 Å². The number of ether oxygens (including phenoxy) is 1. The molecule has 1 N–H and O–H groups in total. The summed E-state index contributed by atoms with van der Waals surface area (Å²) < 4.78 is 5.30. The van der Waals surface area contributed by atoms with E-state index in [1.165, 1.54) is 12.8 Å². The van der Waals surface area contributed by atoms with E-state index in [0.717, 1.165) is 26.2 Å². The number of nitrogens with one attached hydrogen (secondary N) is 1. The molecular formula is C11H17ClN6O. The molecule has 0 aliphatic carbocycles. The zero-order valence-electron chi connectivity index (χ0n) is 10.7. The van der Waals surface area contributed by atoms with Gasteiger partial charge in [-0.2, -0.15) is 15.0 Å². The summed E-state index contributed by atoms with van der Waals surface area (Å²) in [5, 5.41) is 2.26. The predicted octanol–water partition coefficient (Wildman–Crippen LogP) is 0.784. The van der Waals surface area contributed by atoms with Crippen molar-refractivity contribution in [3.63, 3.8) is 0 Å². The topological polar surface area (TPSA) is 66.4 Å². The van der Waals surface area contributed by atoms with Crippen molar-refractivity contribution in [1.82, 2.24) is 20.0 Å². The van der Waals surface area contributed by atoms with E-state index in [0.29, 0.717) is 25.1 Å². The number of hydrogen-bond acceptors (Lipinski definition) is 7. The highest BCUT2D eigenvalue weighted by molar-refractivity contribution is 6.28. The molecule has 1 aromatic rings. The molecule has 7 nitrogen and oxygen atoms in total. The van der Waals surface area contributed by atoms with Gasteiger partial charge >= 0.3 is 0 Å². The average Bonchev–Trinajstić information content (AvgIpc) is 2.93. The molecule has 0 bridgehead atoms. The molecule has 0 aromatic carbocycles. The van der Waals surface area contributed by atoms with Crippen LogP contribution in [0, 0.1) is 0 Å². The molecule has 0 unspecified atom stereocenters. The second-order valence-corrected chi connectivity index (χ2v) is 4.97. The van der Waals surface area contributed by atoms with Crippen LogP contribution in [0.25, 0.3) is 0 Å². The molecule has 2 saturated heterocycles. The average molecular weight is 285 g/mol. The number of anilines is 2. The highest BCUT2D eigenvalue weighted by Gasteiger charge is 2.18. The lowest BCUT2D eigenvalue weighted by atomic mass is 10.4. The first-order valence-corrected chi connectivity index (χ1v) is 6.95. The minimum atomic E-state index is 0.229. The molecule has 0 radical (unpaired) electrons. The second kappa shape index (κ2) is 5.85. The fourth-order valence-electron chi connectivity index (χ4n) is 2.26. The van der Waals surface area contributed by atoms with Crippen molar-refractivity contribution >= 4 is 23.5 Å². The lowest BCUT2D eigenvalue weighted by Gasteiger charge is -2.27. The van der Waals surface area contributed by atoms with Gasteiger partial charge in [-0.25, -0.2) is 5.01 Å². The summed E-state index contributed by atoms with van der Waals surface area (Å²) in [4.78, 5) is 14.9. The maximum Gasteiger partial charge on any atom is 0.243 e. The van der Waals surface area contributed by atoms with Gasteiger partial charge in [0.2, 0.25) is 17.2 Å². The maximum absolute atomic E-state index is 5.97. The molecular weight excluding hydrogens is 268 g/mol. The van der Waals surface area contributed by atoms with Crippen molar-refractivity contribution in [3.8, 4) is 0 Å². The number of morpholine rings is 1. The lowest BCUT2D eigenvalue weighted by Crippen LogP contribution is -2.40. The normalized spacial score (nSPS) is 20.8. The molecule has 0 spiro atoms. The van der Waals surface area contributed by atoms with E-state index in [1.54, 1.807) is 0 Å². The Morgan fingerprint density at radius 2 is 1.74 bits per heavy atom. The molecule has 0 amide bonds. The number of hydrazine groups is 1. The summed E-state index contributed by atoms with van der Waals surface area (Å²) >= 11 is 5.97. The van der Waals surface area contributed by atoms with Crippen LogP contribution in [-0.4, -0.2) is 59.4 Å². The minimum absolute atomic E-state index is 0.229. The van der Waals surface area contributed by atoms with Crippen molar-refractivity contribution in [2.45, 2.75) is 12.8 Å². The van der Waals surface area contributed by atoms with Crippen molar-refractivity contribution in [3.05, 3.63) is 5.28 Å². The molecule has 0 atom stereocenters. The van der Waals surface area contributed by atoms with Gasteiger partial charge in [-0.1, -0.05) is 0 Å². The summed E-state index contributed by atoms with van der Waals surface area (Å²) in [5.41, 5.74) is 3.17. The van der Waals surface area contributed by atoms with Gasteiger partial charge in [-0.3, -0.25) is 5.43 Å². The van der Waals surface area contributed by atoms with Crippen LogP contribution in [0.4, 0.5) is 11.9 Å². The van der Waals surface area contributed by atoms with Crippen LogP contribution in [0.2, 0.25) is 5.28 Å². The molecule has 3 rings (SSSR count). The van der Waals surface area contributed by atoms with Gasteiger partial charge in [0, 0.05) is 26.2 Å². The third kappa shape index (κ3) is 3.23. The fraction of sp³-hybridized carbons (Fsp3) is 0.727. The quantitative estimate of drug-likeness (QED) is 0.880. The first-order valence-electron chi connectivity index (χ1n) is 6.57. The number of aromatic nitrogens is 3. The van der Waals surface area contributed by atoms with Gasteiger partial charge < -0.3 is 9.64 Å². The summed E-state index contributed by atoms with van der Waals surface area (Å²) in [6, 6.07) is 0. The lowest BCUT2D eigenvalue weighted by molar-refractivity contribution is 0.0492. The Hall–Kier alpha value is -1.18. The third-order valence-electron chi connectivity index (χ3n) is 3.25. The van der Waals surface area contributed by atoms with Gasteiger partial charge in [0.15, 0.2) is 0 Å². The number of hydrogen-bond donors (Lipinski definition) is 1. The molecule has 2 aliphatic heterocycles. The summed E-state index contributed by atoms with van der Waals surface area (Å²) in [6.45, 7) is 5.01. The van der Waals surface area contributed by atoms with Gasteiger partial charge in [0.25, 0.3) is 0 Å². The Morgan fingerprint density at radius 1 is 1.00 bits per heavy atom. The zero-order chi connectivity index (χ0) is 13.1. The maximum atomic E-state index is 5.97. The molecule has 3 heterocycles. The molecule has 0 saturated carbocycles. The Labute approximate surface area is 116 Å². The van der Waals surface area contributed by atoms with Gasteiger partial charge in [0.05, 0.1) is 13.2 Å². The molecule has 8 heteroatoms. The first-order chi connectivity index (χ1) is 9.31. The van der Waals surface area contributed by atoms with Crippen molar-refractivity contribution in [2.24, 2.45) is 0 Å². The molecule has 19 heavy (non-hydrogen) atoms. The van der Waals surface area contributed by atoms with Gasteiger partial charge in [-0.05, 0) is 24.4 Å². The predicted molar refractivity (Wildman–Crippen MR) is 72.3 cm³/mol. The van der Waals surface area contributed by atoms with Crippen molar-refractivity contribution in [1.29, 1.82) is 0 Å². The Balaban J connectivity index is 1.73. The van der Waals surface area contributed by atoms with E-state index < -0.39 is 0 Å². The van der Waals surface area contributed by atoms with Crippen LogP contribution in [0.1, 0.15) is 12.8 Å². The highest BCUT2D eigenvalue weighted by atomic mass is 35.5. The zero-order valence-corrected chi connectivity index (χ0v) is 11.4. The fourth-order valence-corrected chi connectivity index (χ4v) is 2.42. The Morgan fingerprint density at radius 3 is 2.47 bits per heavy atom. The second-order valence-electron chi connectivity index (χ2n) is 4.63. The van der Waals surface area contributed by atoms with Crippen LogP contribution >= 0.6 is 11.6 Å². The number of halogens is 1. The van der Waals surface area contributed by atoms with E-state index in [4.69, 9.17) is 16.3 Å². The SMILES string of the molecule is Clc1nc(NN2CCOCC2)nc(N2CCCC2)n1. The minimum Gasteiger partial charge on any atom is -0.379 e. The van der Waals surface area contributed by atoms with Crippen LogP contribution in [0.5, 0.6) is 0 Å². The molecule has 104 valence electrons. The molecule has 2 aliphatic rings. The van der Waals surface area contributed by atoms with Crippen LogP contribution in [-0.2, 0) is 4.74 Å². The van der Waals surface area contributed by atoms with Crippen LogP contribution in [0.15, 0.2) is 0 Å². The number of rotatable bonds is 3. The van der Waals surface area contributed by atoms with Gasteiger partial charge in [0.1, 0.15) is 0 Å². The molecule has 2 fully saturated rings. The monoisotopic (exact) mass is 284 g/mol. The van der Waals surface area contributed by atoms with E-state index in [9.17, 15) is 0 Å². The van der Waals surface area contributed by atoms with E-state index in [2.05, 4.69) is 25.3 Å². The summed E-state index contributed by atoms with van der Waals surface area (Å²) in [5.74, 6) is 1.16. The highest BCUT2D eigenvalue weighted by Crippen LogP contribution is 2.18. The summed E-state index contributed by atoms with van der Waals surface area (Å²) in [6.07, 6.45) is 2.35. The van der Waals surface area contributed by atoms with Crippen LogP contribution in [0.3, 0.4) is 0 Å². The number of nitrogens with zero attached hydrogens (tertiary/aromatic N) is 5.